The fraction of sp³-hybridized carbons (Fsp3) is 0.462. The van der Waals surface area contributed by atoms with E-state index in [2.05, 4.69) is 23.8 Å². The molecule has 0 atom stereocenters. The number of halogens is 1. The molecule has 3 rings (SSSR count). The quantitative estimate of drug-likeness (QED) is 0.326. The first kappa shape index (κ1) is 25.7. The molecule has 0 spiro atoms. The summed E-state index contributed by atoms with van der Waals surface area (Å²) in [5.74, 6) is 0.0724. The first-order valence-electron chi connectivity index (χ1n) is 11.4. The van der Waals surface area contributed by atoms with Crippen molar-refractivity contribution in [3.8, 4) is 0 Å². The number of rotatable bonds is 6. The molecule has 1 aromatic carbocycles. The van der Waals surface area contributed by atoms with Gasteiger partial charge in [0.2, 0.25) is 0 Å². The highest BCUT2D eigenvalue weighted by Gasteiger charge is 2.14. The molecule has 0 unspecified atom stereocenters. The molecule has 5 nitrogen and oxygen atoms in total. The third kappa shape index (κ3) is 7.24. The number of ether oxygens (including phenoxy) is 1. The molecule has 1 saturated heterocycles. The Morgan fingerprint density at radius 3 is 2.50 bits per heavy atom. The smallest absolute Gasteiger partial charge is 0.148 e. The maximum atomic E-state index is 14.7. The van der Waals surface area contributed by atoms with E-state index in [0.29, 0.717) is 17.8 Å². The van der Waals surface area contributed by atoms with Gasteiger partial charge in [-0.15, -0.1) is 0 Å². The van der Waals surface area contributed by atoms with E-state index < -0.39 is 5.83 Å². The molecule has 2 aromatic rings. The summed E-state index contributed by atoms with van der Waals surface area (Å²) in [6.45, 7) is 9.64. The molecule has 174 valence electrons. The first-order valence-corrected chi connectivity index (χ1v) is 11.4. The second-order valence-corrected chi connectivity index (χ2v) is 8.19. The summed E-state index contributed by atoms with van der Waals surface area (Å²) in [5.41, 5.74) is 9.38. The molecule has 1 aliphatic heterocycles. The average Bonchev–Trinajstić information content (AvgIpc) is 2.81. The predicted octanol–water partition coefficient (Wildman–Crippen LogP) is 6.02. The molecule has 0 amide bonds. The predicted molar refractivity (Wildman–Crippen MR) is 131 cm³/mol. The molecule has 0 saturated carbocycles. The third-order valence-electron chi connectivity index (χ3n) is 5.18. The number of hydrogen-bond donors (Lipinski definition) is 2. The highest BCUT2D eigenvalue weighted by molar-refractivity contribution is 5.89. The number of aliphatic hydroxyl groups excluding tert-OH is 1. The van der Waals surface area contributed by atoms with Gasteiger partial charge in [-0.3, -0.25) is 4.98 Å². The topological polar surface area (TPSA) is 80.7 Å². The van der Waals surface area contributed by atoms with Crippen molar-refractivity contribution in [2.24, 2.45) is 10.7 Å². The molecule has 1 aromatic heterocycles. The maximum Gasteiger partial charge on any atom is 0.148 e. The maximum absolute atomic E-state index is 14.7. The van der Waals surface area contributed by atoms with E-state index in [1.165, 1.54) is 19.3 Å². The number of aliphatic hydroxyl groups is 1. The van der Waals surface area contributed by atoms with Crippen molar-refractivity contribution in [3.05, 3.63) is 59.2 Å². The van der Waals surface area contributed by atoms with Gasteiger partial charge in [-0.25, -0.2) is 9.38 Å². The molecule has 0 aliphatic carbocycles. The van der Waals surface area contributed by atoms with Crippen LogP contribution in [0.5, 0.6) is 0 Å². The van der Waals surface area contributed by atoms with E-state index in [0.717, 1.165) is 47.0 Å². The Labute approximate surface area is 190 Å². The van der Waals surface area contributed by atoms with Crippen LogP contribution in [0.2, 0.25) is 0 Å². The Hall–Kier alpha value is -2.57. The molecular weight excluding hydrogens is 405 g/mol. The molecule has 2 heterocycles. The van der Waals surface area contributed by atoms with E-state index in [9.17, 15) is 9.50 Å². The summed E-state index contributed by atoms with van der Waals surface area (Å²) in [7, 11) is 0. The van der Waals surface area contributed by atoms with Crippen LogP contribution in [0.25, 0.3) is 16.5 Å². The van der Waals surface area contributed by atoms with E-state index in [1.807, 2.05) is 31.2 Å². The standard InChI is InChI=1S/C21H26FN3O.C5H10O/c1-5-6-17(19(22)11-24-14(4)23)15-7-8-20-18(9-15)21(13(2)3)16(12-26)10-25-20;1-2-4-6-5-3-1/h6-11,13,26H,5,12H2,1-4H3,(H2,23,24);1-5H2/b17-6+,19-11+;. The average molecular weight is 442 g/mol. The molecule has 1 aliphatic rings. The Morgan fingerprint density at radius 1 is 1.28 bits per heavy atom. The van der Waals surface area contributed by atoms with Gasteiger partial charge in [-0.1, -0.05) is 32.9 Å². The zero-order valence-electron chi connectivity index (χ0n) is 19.7. The van der Waals surface area contributed by atoms with Crippen LogP contribution in [0.3, 0.4) is 0 Å². The summed E-state index contributed by atoms with van der Waals surface area (Å²) in [4.78, 5) is 8.28. The van der Waals surface area contributed by atoms with Crippen LogP contribution < -0.4 is 5.73 Å². The molecule has 0 radical (unpaired) electrons. The molecule has 1 fully saturated rings. The van der Waals surface area contributed by atoms with Crippen molar-refractivity contribution < 1.29 is 14.2 Å². The SMILES string of the molecule is C1CCOCC1.CC/C=C(/C(F)=C\N=C(C)N)c1ccc2ncc(CO)c(C(C)C)c2c1. The largest absolute Gasteiger partial charge is 0.392 e. The van der Waals surface area contributed by atoms with Gasteiger partial charge in [-0.05, 0) is 67.3 Å². The number of aliphatic imine (C=N–C) groups is 1. The number of hydrogen-bond acceptors (Lipinski definition) is 4. The van der Waals surface area contributed by atoms with Gasteiger partial charge in [0.05, 0.1) is 24.2 Å². The van der Waals surface area contributed by atoms with Crippen molar-refractivity contribution in [3.63, 3.8) is 0 Å². The van der Waals surface area contributed by atoms with Gasteiger partial charge in [0.1, 0.15) is 5.83 Å². The molecule has 0 bridgehead atoms. The monoisotopic (exact) mass is 441 g/mol. The van der Waals surface area contributed by atoms with Crippen LogP contribution in [0, 0.1) is 0 Å². The third-order valence-corrected chi connectivity index (χ3v) is 5.18. The Morgan fingerprint density at radius 2 is 2.00 bits per heavy atom. The number of amidine groups is 1. The molecule has 6 heteroatoms. The number of pyridine rings is 1. The Kier molecular flexibility index (Phi) is 10.5. The lowest BCUT2D eigenvalue weighted by molar-refractivity contribution is 0.0968. The van der Waals surface area contributed by atoms with Crippen LogP contribution in [-0.4, -0.2) is 29.1 Å². The fourth-order valence-corrected chi connectivity index (χ4v) is 3.70. The van der Waals surface area contributed by atoms with Crippen molar-refractivity contribution in [1.29, 1.82) is 0 Å². The molecular formula is C26H36FN3O2. The number of allylic oxidation sites excluding steroid dienone is 3. The van der Waals surface area contributed by atoms with Gasteiger partial charge in [0.25, 0.3) is 0 Å². The second-order valence-electron chi connectivity index (χ2n) is 8.19. The number of fused-ring (bicyclic) bond motifs is 1. The molecule has 32 heavy (non-hydrogen) atoms. The van der Waals surface area contributed by atoms with Crippen LogP contribution in [0.15, 0.2) is 47.5 Å². The Balaban J connectivity index is 0.000000520. The lowest BCUT2D eigenvalue weighted by Crippen LogP contribution is -2.03. The number of nitrogens with two attached hydrogens (primary N) is 1. The van der Waals surface area contributed by atoms with Crippen LogP contribution in [0.4, 0.5) is 4.39 Å². The minimum Gasteiger partial charge on any atom is -0.392 e. The van der Waals surface area contributed by atoms with Crippen molar-refractivity contribution in [1.82, 2.24) is 4.98 Å². The van der Waals surface area contributed by atoms with E-state index in [4.69, 9.17) is 10.5 Å². The summed E-state index contributed by atoms with van der Waals surface area (Å²) in [6.07, 6.45) is 9.30. The second kappa shape index (κ2) is 13.1. The van der Waals surface area contributed by atoms with Crippen LogP contribution >= 0.6 is 0 Å². The van der Waals surface area contributed by atoms with Gasteiger partial charge in [0.15, 0.2) is 0 Å². The van der Waals surface area contributed by atoms with Crippen molar-refractivity contribution in [2.75, 3.05) is 13.2 Å². The normalized spacial score (nSPS) is 15.7. The van der Waals surface area contributed by atoms with Crippen molar-refractivity contribution >= 4 is 22.3 Å². The van der Waals surface area contributed by atoms with Gasteiger partial charge < -0.3 is 15.6 Å². The zero-order valence-corrected chi connectivity index (χ0v) is 19.7. The minimum atomic E-state index is -0.437. The highest BCUT2D eigenvalue weighted by Crippen LogP contribution is 2.32. The highest BCUT2D eigenvalue weighted by atomic mass is 19.1. The summed E-state index contributed by atoms with van der Waals surface area (Å²) in [6, 6.07) is 5.67. The van der Waals surface area contributed by atoms with Gasteiger partial charge >= 0.3 is 0 Å². The number of benzene rings is 1. The lowest BCUT2D eigenvalue weighted by Gasteiger charge is -2.15. The number of nitrogens with zero attached hydrogens (tertiary/aromatic N) is 2. The van der Waals surface area contributed by atoms with E-state index >= 15 is 0 Å². The van der Waals surface area contributed by atoms with Crippen LogP contribution in [0.1, 0.15) is 76.0 Å². The fourth-order valence-electron chi connectivity index (χ4n) is 3.70. The first-order chi connectivity index (χ1) is 15.4. The summed E-state index contributed by atoms with van der Waals surface area (Å²) >= 11 is 0. The summed E-state index contributed by atoms with van der Waals surface area (Å²) in [5, 5.41) is 10.6. The van der Waals surface area contributed by atoms with Crippen molar-refractivity contribution in [2.45, 2.75) is 65.9 Å². The Bertz CT molecular complexity index is 961. The van der Waals surface area contributed by atoms with Gasteiger partial charge in [0, 0.05) is 30.4 Å². The number of aromatic nitrogens is 1. The van der Waals surface area contributed by atoms with E-state index in [-0.39, 0.29) is 12.5 Å². The molecule has 3 N–H and O–H groups in total. The lowest BCUT2D eigenvalue weighted by atomic mass is 9.92. The summed E-state index contributed by atoms with van der Waals surface area (Å²) < 4.78 is 19.7. The minimum absolute atomic E-state index is 0.0723. The zero-order chi connectivity index (χ0) is 23.5. The van der Waals surface area contributed by atoms with Crippen LogP contribution in [-0.2, 0) is 11.3 Å². The van der Waals surface area contributed by atoms with E-state index in [1.54, 1.807) is 13.1 Å². The van der Waals surface area contributed by atoms with Gasteiger partial charge in [-0.2, -0.15) is 0 Å².